The third-order valence-electron chi connectivity index (χ3n) is 3.18. The van der Waals surface area contributed by atoms with Crippen LogP contribution in [0, 0.1) is 20.2 Å². The smallest absolute Gasteiger partial charge is 0.258 e. The molecule has 22 heavy (non-hydrogen) atoms. The molecule has 0 unspecified atom stereocenters. The molecule has 6 nitrogen and oxygen atoms in total. The lowest BCUT2D eigenvalue weighted by molar-refractivity contribution is -0.385. The molecule has 0 radical (unpaired) electrons. The van der Waals surface area contributed by atoms with Crippen LogP contribution in [0.1, 0.15) is 17.0 Å². The minimum Gasteiger partial charge on any atom is -0.258 e. The number of halogens is 2. The van der Waals surface area contributed by atoms with Crippen molar-refractivity contribution < 1.29 is 9.85 Å². The molecular formula is C14H10Cl2N2O4. The number of nitro benzene ring substituents is 2. The van der Waals surface area contributed by atoms with E-state index in [0.717, 1.165) is 0 Å². The van der Waals surface area contributed by atoms with E-state index in [1.807, 2.05) is 0 Å². The summed E-state index contributed by atoms with van der Waals surface area (Å²) in [5.41, 5.74) is 1.31. The number of nitrogens with zero attached hydrogens (tertiary/aromatic N) is 2. The summed E-state index contributed by atoms with van der Waals surface area (Å²) in [7, 11) is 0. The van der Waals surface area contributed by atoms with E-state index in [0.29, 0.717) is 11.1 Å². The summed E-state index contributed by atoms with van der Waals surface area (Å²) in [5.74, 6) is -0.440. The molecule has 0 heterocycles. The summed E-state index contributed by atoms with van der Waals surface area (Å²) >= 11 is 12.0. The number of hydrogen-bond donors (Lipinski definition) is 0. The van der Waals surface area contributed by atoms with Gasteiger partial charge in [-0.3, -0.25) is 20.2 Å². The van der Waals surface area contributed by atoms with Crippen molar-refractivity contribution in [3.8, 4) is 0 Å². The molecule has 0 bridgehead atoms. The van der Waals surface area contributed by atoms with Crippen LogP contribution in [0.3, 0.4) is 0 Å². The Balaban J connectivity index is 2.37. The van der Waals surface area contributed by atoms with Crippen molar-refractivity contribution in [2.24, 2.45) is 0 Å². The van der Waals surface area contributed by atoms with Gasteiger partial charge in [0.25, 0.3) is 11.4 Å². The molecule has 0 amide bonds. The minimum absolute atomic E-state index is 0.0353. The van der Waals surface area contributed by atoms with Gasteiger partial charge in [-0.15, -0.1) is 23.2 Å². The van der Waals surface area contributed by atoms with Crippen molar-refractivity contribution in [2.45, 2.75) is 10.8 Å². The van der Waals surface area contributed by atoms with Crippen molar-refractivity contribution >= 4 is 34.6 Å². The number of non-ortho nitro benzene ring substituents is 2. The normalized spacial score (nSPS) is 10.9. The first-order chi connectivity index (χ1) is 10.4. The molecule has 0 aliphatic rings. The molecular weight excluding hydrogens is 331 g/mol. The van der Waals surface area contributed by atoms with Crippen LogP contribution >= 0.6 is 23.2 Å². The maximum absolute atomic E-state index is 10.7. The Bertz CT molecular complexity index is 629. The van der Waals surface area contributed by atoms with Gasteiger partial charge in [0.15, 0.2) is 0 Å². The van der Waals surface area contributed by atoms with E-state index < -0.39 is 20.6 Å². The Morgan fingerprint density at radius 2 is 1.05 bits per heavy atom. The van der Waals surface area contributed by atoms with Gasteiger partial charge in [0, 0.05) is 30.2 Å². The predicted molar refractivity (Wildman–Crippen MR) is 83.5 cm³/mol. The zero-order chi connectivity index (χ0) is 16.3. The van der Waals surface area contributed by atoms with Crippen LogP contribution in [0.15, 0.2) is 48.5 Å². The van der Waals surface area contributed by atoms with Crippen molar-refractivity contribution in [1.29, 1.82) is 0 Å². The highest BCUT2D eigenvalue weighted by Gasteiger charge is 2.23. The van der Waals surface area contributed by atoms with Gasteiger partial charge in [0.1, 0.15) is 4.84 Å². The van der Waals surface area contributed by atoms with E-state index in [1.54, 1.807) is 24.3 Å². The van der Waals surface area contributed by atoms with Gasteiger partial charge < -0.3 is 0 Å². The Kier molecular flexibility index (Phi) is 4.95. The third kappa shape index (κ3) is 3.52. The molecule has 0 saturated heterocycles. The van der Waals surface area contributed by atoms with Gasteiger partial charge in [-0.2, -0.15) is 0 Å². The molecule has 0 spiro atoms. The average Bonchev–Trinajstić information content (AvgIpc) is 2.48. The Morgan fingerprint density at radius 3 is 1.27 bits per heavy atom. The van der Waals surface area contributed by atoms with Crippen LogP contribution in [0.4, 0.5) is 11.4 Å². The summed E-state index contributed by atoms with van der Waals surface area (Å²) in [5, 5.41) is 21.4. The highest BCUT2D eigenvalue weighted by molar-refractivity contribution is 6.45. The monoisotopic (exact) mass is 340 g/mol. The van der Waals surface area contributed by atoms with Gasteiger partial charge in [-0.05, 0) is 11.1 Å². The van der Waals surface area contributed by atoms with E-state index in [9.17, 15) is 20.2 Å². The minimum atomic E-state index is -0.803. The lowest BCUT2D eigenvalue weighted by atomic mass is 9.92. The molecule has 0 saturated carbocycles. The fraction of sp³-hybridized carbons (Fsp3) is 0.143. The van der Waals surface area contributed by atoms with Gasteiger partial charge in [-0.1, -0.05) is 24.3 Å². The highest BCUT2D eigenvalue weighted by Crippen LogP contribution is 2.34. The molecule has 8 heteroatoms. The topological polar surface area (TPSA) is 86.3 Å². The quantitative estimate of drug-likeness (QED) is 0.457. The van der Waals surface area contributed by atoms with E-state index in [1.165, 1.54) is 24.3 Å². The van der Waals surface area contributed by atoms with E-state index in [2.05, 4.69) is 0 Å². The van der Waals surface area contributed by atoms with Crippen molar-refractivity contribution in [3.05, 3.63) is 79.9 Å². The Labute approximate surface area is 135 Å². The molecule has 114 valence electrons. The second kappa shape index (κ2) is 6.72. The van der Waals surface area contributed by atoms with Crippen molar-refractivity contribution in [2.75, 3.05) is 0 Å². The Morgan fingerprint density at radius 1 is 0.727 bits per heavy atom. The lowest BCUT2D eigenvalue weighted by Gasteiger charge is -2.18. The highest BCUT2D eigenvalue weighted by atomic mass is 35.5. The van der Waals surface area contributed by atoms with Gasteiger partial charge in [-0.25, -0.2) is 0 Å². The second-order valence-corrected chi connectivity index (χ2v) is 5.67. The van der Waals surface area contributed by atoms with Crippen LogP contribution < -0.4 is 0 Å². The number of nitro groups is 2. The first-order valence-electron chi connectivity index (χ1n) is 6.17. The molecule has 2 aromatic carbocycles. The summed E-state index contributed by atoms with van der Waals surface area (Å²) in [6.07, 6.45) is 0. The fourth-order valence-electron chi connectivity index (χ4n) is 2.09. The van der Waals surface area contributed by atoms with E-state index in [4.69, 9.17) is 23.2 Å². The Hall–Kier alpha value is -2.18. The summed E-state index contributed by atoms with van der Waals surface area (Å²) in [6, 6.07) is 11.7. The van der Waals surface area contributed by atoms with Crippen LogP contribution in [0.2, 0.25) is 0 Å². The molecule has 0 aliphatic heterocycles. The van der Waals surface area contributed by atoms with Crippen LogP contribution in [0.5, 0.6) is 0 Å². The molecule has 0 atom stereocenters. The summed E-state index contributed by atoms with van der Waals surface area (Å²) in [4.78, 5) is 19.6. The molecule has 2 aromatic rings. The predicted octanol–water partition coefficient (Wildman–Crippen LogP) is 4.44. The zero-order valence-corrected chi connectivity index (χ0v) is 12.6. The fourth-order valence-corrected chi connectivity index (χ4v) is 2.67. The average molecular weight is 341 g/mol. The molecule has 0 aromatic heterocycles. The number of benzene rings is 2. The van der Waals surface area contributed by atoms with Crippen LogP contribution in [-0.2, 0) is 0 Å². The van der Waals surface area contributed by atoms with Crippen LogP contribution in [0.25, 0.3) is 0 Å². The number of hydrogen-bond acceptors (Lipinski definition) is 4. The molecule has 0 fully saturated rings. The molecule has 0 aliphatic carbocycles. The molecule has 0 N–H and O–H groups in total. The summed E-state index contributed by atoms with van der Waals surface area (Å²) in [6.45, 7) is 0. The van der Waals surface area contributed by atoms with Gasteiger partial charge in [0.2, 0.25) is 0 Å². The molecule has 2 rings (SSSR count). The number of alkyl halides is 2. The van der Waals surface area contributed by atoms with Gasteiger partial charge >= 0.3 is 0 Å². The maximum atomic E-state index is 10.7. The van der Waals surface area contributed by atoms with E-state index >= 15 is 0 Å². The lowest BCUT2D eigenvalue weighted by Crippen LogP contribution is -2.09. The number of rotatable bonds is 5. The largest absolute Gasteiger partial charge is 0.269 e. The summed E-state index contributed by atoms with van der Waals surface area (Å²) < 4.78 is 0. The zero-order valence-electron chi connectivity index (χ0n) is 11.1. The van der Waals surface area contributed by atoms with Gasteiger partial charge in [0.05, 0.1) is 9.85 Å². The first-order valence-corrected chi connectivity index (χ1v) is 7.04. The first kappa shape index (κ1) is 16.2. The van der Waals surface area contributed by atoms with Crippen LogP contribution in [-0.4, -0.2) is 14.7 Å². The third-order valence-corrected chi connectivity index (χ3v) is 3.68. The van der Waals surface area contributed by atoms with E-state index in [-0.39, 0.29) is 11.4 Å². The second-order valence-electron chi connectivity index (χ2n) is 4.51. The van der Waals surface area contributed by atoms with Crippen molar-refractivity contribution in [3.63, 3.8) is 0 Å². The maximum Gasteiger partial charge on any atom is 0.269 e. The SMILES string of the molecule is O=[N+]([O-])c1ccc(C(c2ccc([N+](=O)[O-])cc2)C(Cl)Cl)cc1. The van der Waals surface area contributed by atoms with Crippen molar-refractivity contribution in [1.82, 2.24) is 0 Å². The standard InChI is InChI=1S/C14H10Cl2N2O4/c15-14(16)13(9-1-5-11(6-2-9)17(19)20)10-3-7-12(8-4-10)18(21)22/h1-8,13-14H.